The summed E-state index contributed by atoms with van der Waals surface area (Å²) in [7, 11) is 0. The van der Waals surface area contributed by atoms with Crippen LogP contribution < -0.4 is 3.79 Å². The van der Waals surface area contributed by atoms with Crippen LogP contribution in [0.5, 0.6) is 5.75 Å². The second-order valence-corrected chi connectivity index (χ2v) is 3.67. The van der Waals surface area contributed by atoms with Gasteiger partial charge >= 0.3 is 16.6 Å². The predicted molar refractivity (Wildman–Crippen MR) is 59.0 cm³/mol. The molecular formula is C11H11AlNO. The van der Waals surface area contributed by atoms with Gasteiger partial charge in [-0.2, -0.15) is 0 Å². The van der Waals surface area contributed by atoms with E-state index in [0.717, 1.165) is 17.0 Å². The minimum Gasteiger partial charge on any atom is -0.649 e. The van der Waals surface area contributed by atoms with Crippen LogP contribution in [-0.2, 0) is 0 Å². The van der Waals surface area contributed by atoms with Crippen molar-refractivity contribution >= 4 is 27.5 Å². The van der Waals surface area contributed by atoms with Gasteiger partial charge in [0.05, 0.1) is 0 Å². The highest BCUT2D eigenvalue weighted by atomic mass is 27.1. The number of aromatic nitrogens is 1. The summed E-state index contributed by atoms with van der Waals surface area (Å²) in [5.74, 6) is 0.854. The highest BCUT2D eigenvalue weighted by Gasteiger charge is 2.04. The third kappa shape index (κ3) is 1.50. The molecule has 0 bridgehead atoms. The molecule has 3 heteroatoms. The number of nitrogens with zero attached hydrogens (tertiary/aromatic N) is 1. The van der Waals surface area contributed by atoms with E-state index in [4.69, 9.17) is 3.79 Å². The molecule has 2 nitrogen and oxygen atoms in total. The summed E-state index contributed by atoms with van der Waals surface area (Å²) in [5.41, 5.74) is 3.23. The van der Waals surface area contributed by atoms with E-state index >= 15 is 0 Å². The number of para-hydroxylation sites is 1. The summed E-state index contributed by atoms with van der Waals surface area (Å²) in [5, 5.41) is 1.17. The number of hydrogen-bond acceptors (Lipinski definition) is 2. The highest BCUT2D eigenvalue weighted by Crippen LogP contribution is 2.25. The molecule has 1 aromatic carbocycles. The van der Waals surface area contributed by atoms with E-state index < -0.39 is 0 Å². The van der Waals surface area contributed by atoms with Crippen molar-refractivity contribution in [1.82, 2.24) is 4.98 Å². The Morgan fingerprint density at radius 2 is 2.07 bits per heavy atom. The van der Waals surface area contributed by atoms with Crippen molar-refractivity contribution in [3.8, 4) is 5.75 Å². The first kappa shape index (κ1) is 9.51. The number of pyridine rings is 1. The van der Waals surface area contributed by atoms with Crippen LogP contribution in [-0.4, -0.2) is 21.6 Å². The molecule has 14 heavy (non-hydrogen) atoms. The Morgan fingerprint density at radius 3 is 2.79 bits per heavy atom. The van der Waals surface area contributed by atoms with E-state index in [0.29, 0.717) is 0 Å². The second kappa shape index (κ2) is 3.61. The molecule has 1 radical (unpaired) electrons. The van der Waals surface area contributed by atoms with Crippen LogP contribution in [0, 0.1) is 13.8 Å². The summed E-state index contributed by atoms with van der Waals surface area (Å²) in [4.78, 5) is 4.49. The topological polar surface area (TPSA) is 22.1 Å². The molecule has 0 saturated carbocycles. The average Bonchev–Trinajstić information content (AvgIpc) is 2.17. The standard InChI is InChI=1S/C11H11NO.Al.H/c1-7-6-8(2)12-11-9(7)4-3-5-10(11)13;;/h3-6,13H,1-2H3;;/q;+1;/p-1. The number of hydrogen-bond donors (Lipinski definition) is 0. The SMILES string of the molecule is Cc1cc(C)c2cccc([O][AlH])c2n1. The van der Waals surface area contributed by atoms with E-state index in [9.17, 15) is 0 Å². The van der Waals surface area contributed by atoms with Gasteiger partial charge < -0.3 is 3.79 Å². The van der Waals surface area contributed by atoms with E-state index in [2.05, 4.69) is 24.0 Å². The molecule has 1 aromatic heterocycles. The molecule has 0 saturated heterocycles. The minimum absolute atomic E-state index is 0.854. The van der Waals surface area contributed by atoms with Gasteiger partial charge in [-0.3, -0.25) is 0 Å². The van der Waals surface area contributed by atoms with Gasteiger partial charge in [-0.15, -0.1) is 0 Å². The monoisotopic (exact) mass is 200 g/mol. The molecule has 0 spiro atoms. The molecule has 0 unspecified atom stereocenters. The maximum Gasteiger partial charge on any atom is 0.494 e. The van der Waals surface area contributed by atoms with Gasteiger partial charge in [-0.25, -0.2) is 4.98 Å². The zero-order valence-corrected chi connectivity index (χ0v) is 9.79. The Hall–Kier alpha value is -1.04. The predicted octanol–water partition coefficient (Wildman–Crippen LogP) is 2.05. The van der Waals surface area contributed by atoms with Gasteiger partial charge in [-0.1, -0.05) is 12.1 Å². The van der Waals surface area contributed by atoms with Crippen LogP contribution in [0.25, 0.3) is 10.9 Å². The van der Waals surface area contributed by atoms with Crippen molar-refractivity contribution in [2.24, 2.45) is 0 Å². The zero-order valence-electron chi connectivity index (χ0n) is 8.37. The molecule has 0 aliphatic rings. The van der Waals surface area contributed by atoms with Crippen LogP contribution in [0.2, 0.25) is 0 Å². The summed E-state index contributed by atoms with van der Waals surface area (Å²) in [6.45, 7) is 4.10. The molecule has 2 rings (SSSR count). The molecule has 0 amide bonds. The second-order valence-electron chi connectivity index (χ2n) is 3.38. The third-order valence-electron chi connectivity index (χ3n) is 2.29. The van der Waals surface area contributed by atoms with Crippen LogP contribution >= 0.6 is 0 Å². The molecule has 0 atom stereocenters. The molecule has 0 aliphatic carbocycles. The van der Waals surface area contributed by atoms with Crippen molar-refractivity contribution < 1.29 is 3.79 Å². The van der Waals surface area contributed by atoms with Gasteiger partial charge in [0.2, 0.25) is 0 Å². The number of rotatable bonds is 1. The van der Waals surface area contributed by atoms with Crippen molar-refractivity contribution in [1.29, 1.82) is 0 Å². The average molecular weight is 200 g/mol. The third-order valence-corrected chi connectivity index (χ3v) is 2.60. The summed E-state index contributed by atoms with van der Waals surface area (Å²) < 4.78 is 5.30. The fourth-order valence-corrected chi connectivity index (χ4v) is 1.90. The zero-order chi connectivity index (χ0) is 10.1. The maximum absolute atomic E-state index is 5.30. The Labute approximate surface area is 91.7 Å². The fraction of sp³-hybridized carbons (Fsp3) is 0.182. The lowest BCUT2D eigenvalue weighted by Crippen LogP contribution is -1.92. The van der Waals surface area contributed by atoms with E-state index in [1.54, 1.807) is 0 Å². The lowest BCUT2D eigenvalue weighted by molar-refractivity contribution is 0.622. The van der Waals surface area contributed by atoms with Gasteiger partial charge in [0, 0.05) is 11.1 Å². The van der Waals surface area contributed by atoms with Gasteiger partial charge in [-0.05, 0) is 31.5 Å². The summed E-state index contributed by atoms with van der Waals surface area (Å²) in [6, 6.07) is 8.10. The number of aryl methyl sites for hydroxylation is 2. The quantitative estimate of drug-likeness (QED) is 0.657. The lowest BCUT2D eigenvalue weighted by atomic mass is 10.1. The molecule has 1 heterocycles. The van der Waals surface area contributed by atoms with Crippen molar-refractivity contribution in [3.63, 3.8) is 0 Å². The normalized spacial score (nSPS) is 10.4. The highest BCUT2D eigenvalue weighted by molar-refractivity contribution is 6.02. The Bertz CT molecular complexity index is 482. The van der Waals surface area contributed by atoms with Crippen molar-refractivity contribution in [2.45, 2.75) is 13.8 Å². The molecule has 0 aliphatic heterocycles. The molecule has 2 aromatic rings. The number of fused-ring (bicyclic) bond motifs is 1. The molecule has 0 N–H and O–H groups in total. The molecule has 69 valence electrons. The molecular weight excluding hydrogens is 189 g/mol. The molecule has 0 fully saturated rings. The fourth-order valence-electron chi connectivity index (χ4n) is 1.67. The van der Waals surface area contributed by atoms with E-state index in [1.807, 2.05) is 19.1 Å². The first-order valence-electron chi connectivity index (χ1n) is 4.51. The Kier molecular flexibility index (Phi) is 2.45. The van der Waals surface area contributed by atoms with Crippen molar-refractivity contribution in [2.75, 3.05) is 0 Å². The number of benzene rings is 1. The minimum atomic E-state index is 0.854. The van der Waals surface area contributed by atoms with Gasteiger partial charge in [0.25, 0.3) is 0 Å². The van der Waals surface area contributed by atoms with Gasteiger partial charge in [0.15, 0.2) is 0 Å². The summed E-state index contributed by atoms with van der Waals surface area (Å²) in [6.07, 6.45) is 0. The van der Waals surface area contributed by atoms with E-state index in [-0.39, 0.29) is 0 Å². The summed E-state index contributed by atoms with van der Waals surface area (Å²) >= 11 is 1.48. The van der Waals surface area contributed by atoms with E-state index in [1.165, 1.54) is 27.6 Å². The first-order chi connectivity index (χ1) is 6.72. The van der Waals surface area contributed by atoms with Crippen LogP contribution in [0.15, 0.2) is 24.3 Å². The largest absolute Gasteiger partial charge is 0.649 e. The smallest absolute Gasteiger partial charge is 0.494 e. The Morgan fingerprint density at radius 1 is 1.29 bits per heavy atom. The maximum atomic E-state index is 5.30. The lowest BCUT2D eigenvalue weighted by Gasteiger charge is -2.08. The van der Waals surface area contributed by atoms with Crippen LogP contribution in [0.4, 0.5) is 0 Å². The Balaban J connectivity index is 2.86. The van der Waals surface area contributed by atoms with Crippen LogP contribution in [0.1, 0.15) is 11.3 Å². The van der Waals surface area contributed by atoms with Crippen LogP contribution in [0.3, 0.4) is 0 Å². The first-order valence-corrected chi connectivity index (χ1v) is 5.09. The van der Waals surface area contributed by atoms with Gasteiger partial charge in [0.1, 0.15) is 11.3 Å². The van der Waals surface area contributed by atoms with Crippen molar-refractivity contribution in [3.05, 3.63) is 35.5 Å².